The quantitative estimate of drug-likeness (QED) is 0.561. The number of nitro benzene ring substituents is 1. The number of hydrogen-bond acceptors (Lipinski definition) is 5. The molecule has 1 aliphatic heterocycles. The molecular formula is C13H15N3O5. The molecule has 8 nitrogen and oxygen atoms in total. The smallest absolute Gasteiger partial charge is 0.305 e. The summed E-state index contributed by atoms with van der Waals surface area (Å²) in [7, 11) is 0. The molecule has 1 unspecified atom stereocenters. The Balaban J connectivity index is 2.33. The number of hydrogen-bond donors (Lipinski definition) is 3. The van der Waals surface area contributed by atoms with E-state index in [1.807, 2.05) is 0 Å². The molecule has 0 radical (unpaired) electrons. The van der Waals surface area contributed by atoms with Crippen LogP contribution >= 0.6 is 0 Å². The topological polar surface area (TPSA) is 122 Å². The summed E-state index contributed by atoms with van der Waals surface area (Å²) in [6.07, 6.45) is 0.682. The fourth-order valence-electron chi connectivity index (χ4n) is 2.26. The van der Waals surface area contributed by atoms with Crippen LogP contribution in [-0.4, -0.2) is 27.9 Å². The van der Waals surface area contributed by atoms with Gasteiger partial charge in [-0.15, -0.1) is 0 Å². The monoisotopic (exact) mass is 293 g/mol. The van der Waals surface area contributed by atoms with E-state index in [0.717, 1.165) is 5.56 Å². The van der Waals surface area contributed by atoms with Gasteiger partial charge >= 0.3 is 5.97 Å². The SMILES string of the molecule is CC(CC(=O)O)Nc1cc2c(cc1[N+](=O)[O-])NC(=O)CC2. The second-order valence-electron chi connectivity index (χ2n) is 4.98. The molecule has 2 rings (SSSR count). The molecular weight excluding hydrogens is 278 g/mol. The lowest BCUT2D eigenvalue weighted by Crippen LogP contribution is -2.22. The summed E-state index contributed by atoms with van der Waals surface area (Å²) < 4.78 is 0. The van der Waals surface area contributed by atoms with Crippen LogP contribution in [0.1, 0.15) is 25.3 Å². The first kappa shape index (κ1) is 14.8. The van der Waals surface area contributed by atoms with Gasteiger partial charge in [-0.05, 0) is 25.0 Å². The van der Waals surface area contributed by atoms with Crippen LogP contribution in [0.3, 0.4) is 0 Å². The maximum absolute atomic E-state index is 11.3. The molecule has 0 saturated heterocycles. The second-order valence-corrected chi connectivity index (χ2v) is 4.98. The minimum absolute atomic E-state index is 0.148. The molecule has 0 bridgehead atoms. The van der Waals surface area contributed by atoms with Crippen molar-refractivity contribution >= 4 is 28.9 Å². The number of amides is 1. The molecule has 21 heavy (non-hydrogen) atoms. The third-order valence-corrected chi connectivity index (χ3v) is 3.20. The van der Waals surface area contributed by atoms with Crippen LogP contribution in [-0.2, 0) is 16.0 Å². The molecule has 1 aliphatic rings. The van der Waals surface area contributed by atoms with Gasteiger partial charge in [0.05, 0.1) is 17.0 Å². The number of aliphatic carboxylic acids is 1. The summed E-state index contributed by atoms with van der Waals surface area (Å²) in [6.45, 7) is 1.64. The van der Waals surface area contributed by atoms with E-state index in [2.05, 4.69) is 10.6 Å². The number of carbonyl (C=O) groups is 2. The summed E-state index contributed by atoms with van der Waals surface area (Å²) >= 11 is 0. The van der Waals surface area contributed by atoms with Gasteiger partial charge in [0.1, 0.15) is 5.69 Å². The summed E-state index contributed by atoms with van der Waals surface area (Å²) in [5, 5.41) is 25.3. The summed E-state index contributed by atoms with van der Waals surface area (Å²) in [6, 6.07) is 2.46. The molecule has 1 aromatic rings. The predicted octanol–water partition coefficient (Wildman–Crippen LogP) is 1.75. The molecule has 1 aromatic carbocycles. The van der Waals surface area contributed by atoms with Gasteiger partial charge in [0.25, 0.3) is 5.69 Å². The number of aryl methyl sites for hydroxylation is 1. The highest BCUT2D eigenvalue weighted by molar-refractivity contribution is 5.95. The Hall–Kier alpha value is -2.64. The Morgan fingerprint density at radius 3 is 2.86 bits per heavy atom. The van der Waals surface area contributed by atoms with E-state index < -0.39 is 16.9 Å². The molecule has 0 aliphatic carbocycles. The van der Waals surface area contributed by atoms with Crippen LogP contribution in [0.15, 0.2) is 12.1 Å². The van der Waals surface area contributed by atoms with Gasteiger partial charge in [-0.2, -0.15) is 0 Å². The third-order valence-electron chi connectivity index (χ3n) is 3.20. The lowest BCUT2D eigenvalue weighted by Gasteiger charge is -2.19. The number of carboxylic acid groups (broad SMARTS) is 1. The maximum atomic E-state index is 11.3. The molecule has 8 heteroatoms. The number of benzene rings is 1. The number of rotatable bonds is 5. The number of anilines is 2. The lowest BCUT2D eigenvalue weighted by atomic mass is 10.0. The van der Waals surface area contributed by atoms with E-state index in [1.165, 1.54) is 6.07 Å². The van der Waals surface area contributed by atoms with Crippen molar-refractivity contribution in [3.8, 4) is 0 Å². The largest absolute Gasteiger partial charge is 0.481 e. The highest BCUT2D eigenvalue weighted by atomic mass is 16.6. The molecule has 0 saturated carbocycles. The first-order chi connectivity index (χ1) is 9.86. The van der Waals surface area contributed by atoms with Crippen LogP contribution in [0.4, 0.5) is 17.1 Å². The maximum Gasteiger partial charge on any atom is 0.305 e. The molecule has 1 atom stereocenters. The van der Waals surface area contributed by atoms with Gasteiger partial charge in [0.2, 0.25) is 5.91 Å². The van der Waals surface area contributed by atoms with E-state index in [1.54, 1.807) is 13.0 Å². The van der Waals surface area contributed by atoms with Crippen LogP contribution in [0.2, 0.25) is 0 Å². The Morgan fingerprint density at radius 2 is 2.24 bits per heavy atom. The Labute approximate surface area is 120 Å². The molecule has 3 N–H and O–H groups in total. The van der Waals surface area contributed by atoms with Crippen molar-refractivity contribution < 1.29 is 19.6 Å². The number of fused-ring (bicyclic) bond motifs is 1. The van der Waals surface area contributed by atoms with Crippen LogP contribution in [0.25, 0.3) is 0 Å². The number of nitrogens with one attached hydrogen (secondary N) is 2. The zero-order valence-corrected chi connectivity index (χ0v) is 11.4. The average molecular weight is 293 g/mol. The highest BCUT2D eigenvalue weighted by Crippen LogP contribution is 2.34. The van der Waals surface area contributed by atoms with E-state index in [-0.39, 0.29) is 23.7 Å². The van der Waals surface area contributed by atoms with Crippen molar-refractivity contribution in [3.05, 3.63) is 27.8 Å². The molecule has 0 aromatic heterocycles. The number of carbonyl (C=O) groups excluding carboxylic acids is 1. The van der Waals surface area contributed by atoms with E-state index >= 15 is 0 Å². The minimum atomic E-state index is -0.983. The van der Waals surface area contributed by atoms with Gasteiger partial charge in [-0.1, -0.05) is 0 Å². The van der Waals surface area contributed by atoms with Gasteiger partial charge < -0.3 is 15.7 Å². The van der Waals surface area contributed by atoms with Crippen molar-refractivity contribution in [1.82, 2.24) is 0 Å². The van der Waals surface area contributed by atoms with Crippen molar-refractivity contribution in [2.24, 2.45) is 0 Å². The van der Waals surface area contributed by atoms with E-state index in [0.29, 0.717) is 18.5 Å². The zero-order valence-electron chi connectivity index (χ0n) is 11.4. The van der Waals surface area contributed by atoms with Gasteiger partial charge in [0, 0.05) is 18.5 Å². The highest BCUT2D eigenvalue weighted by Gasteiger charge is 2.23. The van der Waals surface area contributed by atoms with Crippen molar-refractivity contribution in [2.45, 2.75) is 32.2 Å². The normalized spacial score (nSPS) is 14.8. The number of nitrogens with zero attached hydrogens (tertiary/aromatic N) is 1. The van der Waals surface area contributed by atoms with Gasteiger partial charge in [-0.25, -0.2) is 0 Å². The van der Waals surface area contributed by atoms with Crippen LogP contribution < -0.4 is 10.6 Å². The molecule has 0 fully saturated rings. The van der Waals surface area contributed by atoms with E-state index in [9.17, 15) is 19.7 Å². The van der Waals surface area contributed by atoms with Crippen molar-refractivity contribution in [2.75, 3.05) is 10.6 Å². The summed E-state index contributed by atoms with van der Waals surface area (Å²) in [5.74, 6) is -1.15. The number of nitro groups is 1. The average Bonchev–Trinajstić information content (AvgIpc) is 2.37. The van der Waals surface area contributed by atoms with Crippen molar-refractivity contribution in [3.63, 3.8) is 0 Å². The fraction of sp³-hybridized carbons (Fsp3) is 0.385. The first-order valence-electron chi connectivity index (χ1n) is 6.46. The van der Waals surface area contributed by atoms with E-state index in [4.69, 9.17) is 5.11 Å². The Bertz CT molecular complexity index is 614. The number of carboxylic acids is 1. The Kier molecular flexibility index (Phi) is 4.06. The van der Waals surface area contributed by atoms with Crippen LogP contribution in [0.5, 0.6) is 0 Å². The summed E-state index contributed by atoms with van der Waals surface area (Å²) in [5.41, 5.74) is 1.32. The first-order valence-corrected chi connectivity index (χ1v) is 6.46. The Morgan fingerprint density at radius 1 is 1.52 bits per heavy atom. The molecule has 1 heterocycles. The van der Waals surface area contributed by atoms with Crippen LogP contribution in [0, 0.1) is 10.1 Å². The molecule has 0 spiro atoms. The predicted molar refractivity (Wildman–Crippen MR) is 75.4 cm³/mol. The third kappa shape index (κ3) is 3.47. The zero-order chi connectivity index (χ0) is 15.6. The van der Waals surface area contributed by atoms with Crippen molar-refractivity contribution in [1.29, 1.82) is 0 Å². The van der Waals surface area contributed by atoms with Gasteiger partial charge in [0.15, 0.2) is 0 Å². The standard InChI is InChI=1S/C13H15N3O5/c1-7(4-13(18)19)14-10-5-8-2-3-12(17)15-9(8)6-11(10)16(20)21/h5-7,14H,2-4H2,1H3,(H,15,17)(H,18,19). The summed E-state index contributed by atoms with van der Waals surface area (Å²) in [4.78, 5) is 32.6. The van der Waals surface area contributed by atoms with Gasteiger partial charge in [-0.3, -0.25) is 19.7 Å². The fourth-order valence-corrected chi connectivity index (χ4v) is 2.26. The molecule has 112 valence electrons. The molecule has 1 amide bonds. The minimum Gasteiger partial charge on any atom is -0.481 e. The lowest BCUT2D eigenvalue weighted by molar-refractivity contribution is -0.383. The second kappa shape index (κ2) is 5.78.